The summed E-state index contributed by atoms with van der Waals surface area (Å²) < 4.78 is 2.20. The summed E-state index contributed by atoms with van der Waals surface area (Å²) in [6.45, 7) is 10.0. The first kappa shape index (κ1) is 18.0. The molecule has 3 rings (SSSR count). The van der Waals surface area contributed by atoms with E-state index in [4.69, 9.17) is 0 Å². The molecular weight excluding hydrogens is 314 g/mol. The van der Waals surface area contributed by atoms with Gasteiger partial charge in [0.2, 0.25) is 0 Å². The van der Waals surface area contributed by atoms with E-state index in [0.717, 1.165) is 62.9 Å². The molecule has 0 radical (unpaired) electrons. The topological polar surface area (TPSA) is 57.4 Å². The predicted molar refractivity (Wildman–Crippen MR) is 98.1 cm³/mol. The quantitative estimate of drug-likeness (QED) is 0.829. The van der Waals surface area contributed by atoms with Crippen molar-refractivity contribution in [1.82, 2.24) is 24.3 Å². The molecule has 6 heteroatoms. The Morgan fingerprint density at radius 3 is 2.88 bits per heavy atom. The Morgan fingerprint density at radius 2 is 2.12 bits per heavy atom. The third-order valence-corrected chi connectivity index (χ3v) is 4.97. The Hall–Kier alpha value is -1.76. The smallest absolute Gasteiger partial charge is 0.122 e. The minimum Gasteiger partial charge on any atom is -0.396 e. The minimum atomic E-state index is 0.222. The molecule has 3 heterocycles. The number of hydrogen-bond donors (Lipinski definition) is 1. The molecule has 0 bridgehead atoms. The number of rotatable bonds is 7. The number of piperazine rings is 1. The van der Waals surface area contributed by atoms with Crippen molar-refractivity contribution < 1.29 is 5.11 Å². The van der Waals surface area contributed by atoms with Crippen molar-refractivity contribution in [1.29, 1.82) is 0 Å². The number of nitrogens with zero attached hydrogens (tertiary/aromatic N) is 5. The Balaban J connectivity index is 1.63. The van der Waals surface area contributed by atoms with Gasteiger partial charge in [-0.15, -0.1) is 0 Å². The highest BCUT2D eigenvalue weighted by molar-refractivity contribution is 5.10. The van der Waals surface area contributed by atoms with Gasteiger partial charge in [-0.2, -0.15) is 0 Å². The molecule has 25 heavy (non-hydrogen) atoms. The molecule has 2 aromatic heterocycles. The lowest BCUT2D eigenvalue weighted by atomic mass is 10.1. The Labute approximate surface area is 150 Å². The van der Waals surface area contributed by atoms with Crippen LogP contribution in [0.2, 0.25) is 0 Å². The van der Waals surface area contributed by atoms with Gasteiger partial charge in [-0.1, -0.05) is 6.07 Å². The van der Waals surface area contributed by atoms with Crippen LogP contribution >= 0.6 is 0 Å². The van der Waals surface area contributed by atoms with E-state index in [-0.39, 0.29) is 6.61 Å². The second-order valence-electron chi connectivity index (χ2n) is 6.77. The molecule has 0 unspecified atom stereocenters. The molecule has 1 N–H and O–H groups in total. The monoisotopic (exact) mass is 343 g/mol. The molecule has 0 saturated carbocycles. The van der Waals surface area contributed by atoms with E-state index in [9.17, 15) is 5.11 Å². The van der Waals surface area contributed by atoms with Crippen molar-refractivity contribution in [3.63, 3.8) is 0 Å². The van der Waals surface area contributed by atoms with Crippen molar-refractivity contribution in [3.8, 4) is 0 Å². The van der Waals surface area contributed by atoms with Crippen LogP contribution in [0, 0.1) is 6.92 Å². The highest BCUT2D eigenvalue weighted by Gasteiger charge is 2.27. The van der Waals surface area contributed by atoms with Gasteiger partial charge in [0.1, 0.15) is 5.82 Å². The number of pyridine rings is 1. The van der Waals surface area contributed by atoms with Crippen LogP contribution in [0.3, 0.4) is 0 Å². The van der Waals surface area contributed by atoms with Crippen molar-refractivity contribution in [3.05, 3.63) is 47.8 Å². The maximum Gasteiger partial charge on any atom is 0.122 e. The zero-order valence-corrected chi connectivity index (χ0v) is 15.3. The lowest BCUT2D eigenvalue weighted by Gasteiger charge is -2.41. The number of imidazole rings is 1. The van der Waals surface area contributed by atoms with Crippen molar-refractivity contribution in [2.24, 2.45) is 0 Å². The number of aryl methyl sites for hydroxylation is 2. The molecule has 1 saturated heterocycles. The highest BCUT2D eigenvalue weighted by Crippen LogP contribution is 2.17. The zero-order valence-electron chi connectivity index (χ0n) is 15.3. The second-order valence-corrected chi connectivity index (χ2v) is 6.77. The molecule has 6 nitrogen and oxygen atoms in total. The first-order valence-electron chi connectivity index (χ1n) is 9.19. The largest absolute Gasteiger partial charge is 0.396 e. The summed E-state index contributed by atoms with van der Waals surface area (Å²) in [6.07, 6.45) is 4.72. The molecule has 1 aliphatic rings. The van der Waals surface area contributed by atoms with E-state index < -0.39 is 0 Å². The van der Waals surface area contributed by atoms with Crippen LogP contribution in [0.15, 0.2) is 30.6 Å². The number of aliphatic hydroxyl groups excluding tert-OH is 1. The standard InChI is InChI=1S/C19H29N5O/c1-3-23-9-8-20-19(23)15-22-10-11-24(18(14-22)7-12-25)13-17-6-4-5-16(2)21-17/h4-6,8-9,18,25H,3,7,10-15H2,1-2H3/t18-/m0/s1. The van der Waals surface area contributed by atoms with Crippen LogP contribution in [0.4, 0.5) is 0 Å². The van der Waals surface area contributed by atoms with Crippen molar-refractivity contribution in [2.45, 2.75) is 45.9 Å². The third kappa shape index (κ3) is 4.66. The van der Waals surface area contributed by atoms with Gasteiger partial charge in [-0.3, -0.25) is 14.8 Å². The molecule has 0 amide bonds. The fourth-order valence-corrected chi connectivity index (χ4v) is 3.61. The summed E-state index contributed by atoms with van der Waals surface area (Å²) in [5, 5.41) is 9.49. The lowest BCUT2D eigenvalue weighted by Crippen LogP contribution is -2.52. The maximum atomic E-state index is 9.49. The van der Waals surface area contributed by atoms with Gasteiger partial charge in [0.15, 0.2) is 0 Å². The van der Waals surface area contributed by atoms with Crippen molar-refractivity contribution in [2.75, 3.05) is 26.2 Å². The minimum absolute atomic E-state index is 0.222. The average molecular weight is 343 g/mol. The highest BCUT2D eigenvalue weighted by atomic mass is 16.3. The van der Waals surface area contributed by atoms with Crippen molar-refractivity contribution >= 4 is 0 Å². The van der Waals surface area contributed by atoms with Crippen LogP contribution in [-0.4, -0.2) is 61.7 Å². The van der Waals surface area contributed by atoms with Gasteiger partial charge in [-0.05, 0) is 32.4 Å². The van der Waals surface area contributed by atoms with Gasteiger partial charge in [-0.25, -0.2) is 4.98 Å². The Morgan fingerprint density at radius 1 is 1.24 bits per heavy atom. The van der Waals surface area contributed by atoms with Gasteiger partial charge in [0.25, 0.3) is 0 Å². The Bertz CT molecular complexity index is 671. The van der Waals surface area contributed by atoms with Gasteiger partial charge in [0.05, 0.1) is 12.2 Å². The Kier molecular flexibility index (Phi) is 6.18. The summed E-state index contributed by atoms with van der Waals surface area (Å²) in [5.41, 5.74) is 2.17. The second kappa shape index (κ2) is 8.56. The van der Waals surface area contributed by atoms with E-state index in [2.05, 4.69) is 43.4 Å². The van der Waals surface area contributed by atoms with Crippen LogP contribution < -0.4 is 0 Å². The van der Waals surface area contributed by atoms with Crippen LogP contribution in [0.25, 0.3) is 0 Å². The molecular formula is C19H29N5O. The van der Waals surface area contributed by atoms with Gasteiger partial charge >= 0.3 is 0 Å². The van der Waals surface area contributed by atoms with E-state index in [1.165, 1.54) is 0 Å². The van der Waals surface area contributed by atoms with Crippen LogP contribution in [0.1, 0.15) is 30.6 Å². The molecule has 1 atom stereocenters. The van der Waals surface area contributed by atoms with E-state index >= 15 is 0 Å². The first-order valence-corrected chi connectivity index (χ1v) is 9.19. The molecule has 136 valence electrons. The third-order valence-electron chi connectivity index (χ3n) is 4.97. The molecule has 0 spiro atoms. The molecule has 0 aromatic carbocycles. The summed E-state index contributed by atoms with van der Waals surface area (Å²) in [4.78, 5) is 14.0. The fraction of sp³-hybridized carbons (Fsp3) is 0.579. The SMILES string of the molecule is CCn1ccnc1CN1CCN(Cc2cccc(C)n2)[C@@H](CCO)C1. The van der Waals surface area contributed by atoms with Gasteiger partial charge < -0.3 is 9.67 Å². The summed E-state index contributed by atoms with van der Waals surface area (Å²) in [7, 11) is 0. The maximum absolute atomic E-state index is 9.49. The van der Waals surface area contributed by atoms with Gasteiger partial charge in [0, 0.05) is 63.5 Å². The summed E-state index contributed by atoms with van der Waals surface area (Å²) >= 11 is 0. The van der Waals surface area contributed by atoms with Crippen LogP contribution in [-0.2, 0) is 19.6 Å². The summed E-state index contributed by atoms with van der Waals surface area (Å²) in [6, 6.07) is 6.54. The number of aliphatic hydroxyl groups is 1. The van der Waals surface area contributed by atoms with Crippen LogP contribution in [0.5, 0.6) is 0 Å². The normalized spacial score (nSPS) is 19.4. The molecule has 2 aromatic rings. The van der Waals surface area contributed by atoms with E-state index in [1.54, 1.807) is 0 Å². The summed E-state index contributed by atoms with van der Waals surface area (Å²) in [5.74, 6) is 1.12. The lowest BCUT2D eigenvalue weighted by molar-refractivity contribution is 0.0474. The first-order chi connectivity index (χ1) is 12.2. The fourth-order valence-electron chi connectivity index (χ4n) is 3.61. The number of hydrogen-bond acceptors (Lipinski definition) is 5. The average Bonchev–Trinajstić information content (AvgIpc) is 3.05. The van der Waals surface area contributed by atoms with E-state index in [0.29, 0.717) is 6.04 Å². The molecule has 1 aliphatic heterocycles. The zero-order chi connectivity index (χ0) is 17.6. The molecule has 1 fully saturated rings. The number of aromatic nitrogens is 3. The predicted octanol–water partition coefficient (Wildman–Crippen LogP) is 1.68. The molecule has 0 aliphatic carbocycles. The van der Waals surface area contributed by atoms with E-state index in [1.807, 2.05) is 25.4 Å².